The molecule has 0 aliphatic rings. The molecule has 0 saturated carbocycles. The highest BCUT2D eigenvalue weighted by molar-refractivity contribution is 6.39. The number of benzene rings is 1. The molecule has 1 heterocycles. The number of nitrogens with one attached hydrogen (secondary N) is 2. The van der Waals surface area contributed by atoms with Gasteiger partial charge in [0.05, 0.1) is 11.9 Å². The molecule has 2 amide bonds. The lowest BCUT2D eigenvalue weighted by atomic mass is 10.3. The molecule has 1 aromatic carbocycles. The van der Waals surface area contributed by atoms with Crippen LogP contribution in [0.4, 0.5) is 10.1 Å². The lowest BCUT2D eigenvalue weighted by Gasteiger charge is -2.04. The van der Waals surface area contributed by atoms with Crippen molar-refractivity contribution in [2.75, 3.05) is 5.32 Å². The van der Waals surface area contributed by atoms with E-state index in [2.05, 4.69) is 15.4 Å². The van der Waals surface area contributed by atoms with Gasteiger partial charge in [-0.05, 0) is 18.2 Å². The maximum atomic E-state index is 13.3. The Morgan fingerprint density at radius 2 is 1.95 bits per heavy atom. The third kappa shape index (κ3) is 4.20. The number of aromatic nitrogens is 1. The first-order chi connectivity index (χ1) is 10.2. The van der Waals surface area contributed by atoms with E-state index in [1.54, 1.807) is 18.3 Å². The van der Waals surface area contributed by atoms with E-state index >= 15 is 0 Å². The van der Waals surface area contributed by atoms with Gasteiger partial charge in [-0.2, -0.15) is 5.10 Å². The number of nitrogens with zero attached hydrogens (tertiary/aromatic N) is 2. The molecule has 7 heteroatoms. The fourth-order valence-corrected chi connectivity index (χ4v) is 1.41. The molecule has 0 bridgehead atoms. The number of amides is 2. The van der Waals surface area contributed by atoms with E-state index in [0.717, 1.165) is 0 Å². The van der Waals surface area contributed by atoms with Crippen molar-refractivity contribution < 1.29 is 14.0 Å². The third-order valence-corrected chi connectivity index (χ3v) is 2.39. The van der Waals surface area contributed by atoms with E-state index in [9.17, 15) is 14.0 Å². The maximum Gasteiger partial charge on any atom is 0.329 e. The molecule has 106 valence electrons. The SMILES string of the molecule is O=C(NN=Cc1cccnc1)C(=O)Nc1ccccc1F. The van der Waals surface area contributed by atoms with E-state index in [1.807, 2.05) is 5.43 Å². The quantitative estimate of drug-likeness (QED) is 0.507. The van der Waals surface area contributed by atoms with Crippen molar-refractivity contribution >= 4 is 23.7 Å². The zero-order valence-electron chi connectivity index (χ0n) is 10.8. The number of anilines is 1. The van der Waals surface area contributed by atoms with Crippen LogP contribution in [0.1, 0.15) is 5.56 Å². The predicted octanol–water partition coefficient (Wildman–Crippen LogP) is 1.31. The van der Waals surface area contributed by atoms with Crippen LogP contribution in [0.25, 0.3) is 0 Å². The minimum absolute atomic E-state index is 0.0751. The molecule has 0 atom stereocenters. The van der Waals surface area contributed by atoms with E-state index in [-0.39, 0.29) is 5.69 Å². The van der Waals surface area contributed by atoms with E-state index in [0.29, 0.717) is 5.56 Å². The Morgan fingerprint density at radius 3 is 2.67 bits per heavy atom. The number of hydrogen-bond donors (Lipinski definition) is 2. The summed E-state index contributed by atoms with van der Waals surface area (Å²) in [5.41, 5.74) is 2.62. The summed E-state index contributed by atoms with van der Waals surface area (Å²) in [4.78, 5) is 26.9. The molecule has 2 rings (SSSR count). The fourth-order valence-electron chi connectivity index (χ4n) is 1.41. The fraction of sp³-hybridized carbons (Fsp3) is 0. The number of hydrogen-bond acceptors (Lipinski definition) is 4. The Hall–Kier alpha value is -3.09. The summed E-state index contributed by atoms with van der Waals surface area (Å²) in [5.74, 6) is -2.64. The molecule has 21 heavy (non-hydrogen) atoms. The second-order valence-corrected chi connectivity index (χ2v) is 3.92. The lowest BCUT2D eigenvalue weighted by Crippen LogP contribution is -2.32. The number of carbonyl (C=O) groups is 2. The summed E-state index contributed by atoms with van der Waals surface area (Å²) in [6.45, 7) is 0. The highest BCUT2D eigenvalue weighted by Crippen LogP contribution is 2.11. The molecule has 0 saturated heterocycles. The van der Waals surface area contributed by atoms with Crippen LogP contribution in [0.15, 0.2) is 53.9 Å². The molecule has 6 nitrogen and oxygen atoms in total. The van der Waals surface area contributed by atoms with Crippen LogP contribution in [0.5, 0.6) is 0 Å². The van der Waals surface area contributed by atoms with E-state index < -0.39 is 17.6 Å². The third-order valence-electron chi connectivity index (χ3n) is 2.39. The van der Waals surface area contributed by atoms with Crippen molar-refractivity contribution in [3.63, 3.8) is 0 Å². The smallest absolute Gasteiger partial charge is 0.315 e. The molecule has 0 aliphatic heterocycles. The van der Waals surface area contributed by atoms with Crippen LogP contribution in [0.2, 0.25) is 0 Å². The van der Waals surface area contributed by atoms with Crippen LogP contribution in [0, 0.1) is 5.82 Å². The Balaban J connectivity index is 1.90. The summed E-state index contributed by atoms with van der Waals surface area (Å²) >= 11 is 0. The molecule has 1 aromatic heterocycles. The van der Waals surface area contributed by atoms with Crippen molar-refractivity contribution in [3.8, 4) is 0 Å². The van der Waals surface area contributed by atoms with Gasteiger partial charge in [0.1, 0.15) is 5.82 Å². The Labute approximate surface area is 119 Å². The molecule has 2 aromatic rings. The lowest BCUT2D eigenvalue weighted by molar-refractivity contribution is -0.136. The van der Waals surface area contributed by atoms with Crippen LogP contribution in [-0.2, 0) is 9.59 Å². The van der Waals surface area contributed by atoms with E-state index in [4.69, 9.17) is 0 Å². The van der Waals surface area contributed by atoms with Gasteiger partial charge >= 0.3 is 11.8 Å². The number of hydrazone groups is 1. The summed E-state index contributed by atoms with van der Waals surface area (Å²) in [5, 5.41) is 5.75. The standard InChI is InChI=1S/C14H11FN4O2/c15-11-5-1-2-6-12(11)18-13(20)14(21)19-17-9-10-4-3-7-16-8-10/h1-9H,(H,18,20)(H,19,21). The Kier molecular flexibility index (Phi) is 4.70. The first kappa shape index (κ1) is 14.3. The first-order valence-electron chi connectivity index (χ1n) is 5.96. The molecule has 2 N–H and O–H groups in total. The number of carbonyl (C=O) groups excluding carboxylic acids is 2. The normalized spacial score (nSPS) is 10.3. The molecule has 0 radical (unpaired) electrons. The number of pyridine rings is 1. The molecule has 0 aliphatic carbocycles. The van der Waals surface area contributed by atoms with Crippen molar-refractivity contribution in [1.29, 1.82) is 0 Å². The van der Waals surface area contributed by atoms with Gasteiger partial charge < -0.3 is 5.32 Å². The summed E-state index contributed by atoms with van der Waals surface area (Å²) < 4.78 is 13.3. The zero-order valence-corrected chi connectivity index (χ0v) is 10.8. The topological polar surface area (TPSA) is 83.5 Å². The number of para-hydroxylation sites is 1. The van der Waals surface area contributed by atoms with Crippen LogP contribution < -0.4 is 10.7 Å². The Bertz CT molecular complexity index is 674. The Morgan fingerprint density at radius 1 is 1.14 bits per heavy atom. The molecule has 0 spiro atoms. The maximum absolute atomic E-state index is 13.3. The average Bonchev–Trinajstić information content (AvgIpc) is 2.50. The predicted molar refractivity (Wildman–Crippen MR) is 75.0 cm³/mol. The molecule has 0 unspecified atom stereocenters. The minimum atomic E-state index is -1.01. The van der Waals surface area contributed by atoms with Crippen LogP contribution in [-0.4, -0.2) is 23.0 Å². The van der Waals surface area contributed by atoms with Gasteiger partial charge in [-0.15, -0.1) is 0 Å². The van der Waals surface area contributed by atoms with Gasteiger partial charge in [-0.3, -0.25) is 14.6 Å². The van der Waals surface area contributed by atoms with Crippen LogP contribution in [0.3, 0.4) is 0 Å². The summed E-state index contributed by atoms with van der Waals surface area (Å²) in [7, 11) is 0. The number of rotatable bonds is 3. The number of halogens is 1. The van der Waals surface area contributed by atoms with Gasteiger partial charge in [0.25, 0.3) is 0 Å². The van der Waals surface area contributed by atoms with Crippen molar-refractivity contribution in [1.82, 2.24) is 10.4 Å². The highest BCUT2D eigenvalue weighted by Gasteiger charge is 2.14. The van der Waals surface area contributed by atoms with Gasteiger partial charge in [0, 0.05) is 18.0 Å². The summed E-state index contributed by atoms with van der Waals surface area (Å²) in [6.07, 6.45) is 4.47. The highest BCUT2D eigenvalue weighted by atomic mass is 19.1. The summed E-state index contributed by atoms with van der Waals surface area (Å²) in [6, 6.07) is 8.96. The largest absolute Gasteiger partial charge is 0.329 e. The van der Waals surface area contributed by atoms with Crippen LogP contribution >= 0.6 is 0 Å². The van der Waals surface area contributed by atoms with Gasteiger partial charge in [0.15, 0.2) is 0 Å². The average molecular weight is 286 g/mol. The molecule has 0 fully saturated rings. The zero-order chi connectivity index (χ0) is 15.1. The van der Waals surface area contributed by atoms with Gasteiger partial charge in [-0.1, -0.05) is 18.2 Å². The van der Waals surface area contributed by atoms with Gasteiger partial charge in [0.2, 0.25) is 0 Å². The minimum Gasteiger partial charge on any atom is -0.315 e. The first-order valence-corrected chi connectivity index (χ1v) is 5.96. The van der Waals surface area contributed by atoms with Gasteiger partial charge in [-0.25, -0.2) is 9.82 Å². The van der Waals surface area contributed by atoms with Crippen molar-refractivity contribution in [3.05, 3.63) is 60.2 Å². The molecular weight excluding hydrogens is 275 g/mol. The van der Waals surface area contributed by atoms with E-state index in [1.165, 1.54) is 36.7 Å². The second kappa shape index (κ2) is 6.90. The van der Waals surface area contributed by atoms with Crippen molar-refractivity contribution in [2.45, 2.75) is 0 Å². The van der Waals surface area contributed by atoms with Crippen molar-refractivity contribution in [2.24, 2.45) is 5.10 Å². The monoisotopic (exact) mass is 286 g/mol. The molecular formula is C14H11FN4O2. The second-order valence-electron chi connectivity index (χ2n) is 3.92.